The molecule has 0 radical (unpaired) electrons. The lowest BCUT2D eigenvalue weighted by molar-refractivity contribution is 0.298. The highest BCUT2D eigenvalue weighted by Crippen LogP contribution is 2.37. The molecular weight excluding hydrogens is 214 g/mol. The van der Waals surface area contributed by atoms with Crippen molar-refractivity contribution in [1.29, 1.82) is 0 Å². The first-order chi connectivity index (χ1) is 8.36. The Morgan fingerprint density at radius 3 is 2.88 bits per heavy atom. The van der Waals surface area contributed by atoms with Gasteiger partial charge in [0.25, 0.3) is 5.88 Å². The van der Waals surface area contributed by atoms with Gasteiger partial charge in [-0.3, -0.25) is 0 Å². The Hall–Kier alpha value is -1.51. The molecule has 0 aliphatic heterocycles. The molecule has 0 saturated heterocycles. The third-order valence-corrected chi connectivity index (χ3v) is 2.99. The van der Waals surface area contributed by atoms with Gasteiger partial charge in [0.2, 0.25) is 0 Å². The van der Waals surface area contributed by atoms with Gasteiger partial charge >= 0.3 is 0 Å². The van der Waals surface area contributed by atoms with Crippen LogP contribution < -0.4 is 9.47 Å². The van der Waals surface area contributed by atoms with Crippen LogP contribution in [0.4, 0.5) is 0 Å². The van der Waals surface area contributed by atoms with Crippen LogP contribution in [0.2, 0.25) is 0 Å². The molecule has 2 rings (SSSR count). The standard InChI is InChI=1S/C14H19NO2/c1-3-17-14-13(16-2)12(9-10-15-14)11-7-5-4-6-8-11/h7,9-10H,3-6,8H2,1-2H3. The predicted molar refractivity (Wildman–Crippen MR) is 68.4 cm³/mol. The topological polar surface area (TPSA) is 31.4 Å². The summed E-state index contributed by atoms with van der Waals surface area (Å²) in [5.41, 5.74) is 2.49. The lowest BCUT2D eigenvalue weighted by Crippen LogP contribution is -2.02. The molecule has 1 aliphatic rings. The fourth-order valence-corrected chi connectivity index (χ4v) is 2.20. The number of pyridine rings is 1. The molecule has 0 bridgehead atoms. The average molecular weight is 233 g/mol. The van der Waals surface area contributed by atoms with Crippen LogP contribution in [0.25, 0.3) is 5.57 Å². The van der Waals surface area contributed by atoms with E-state index in [1.807, 2.05) is 13.0 Å². The molecule has 0 fully saturated rings. The van der Waals surface area contributed by atoms with Gasteiger partial charge in [-0.25, -0.2) is 4.98 Å². The van der Waals surface area contributed by atoms with E-state index in [1.165, 1.54) is 18.4 Å². The van der Waals surface area contributed by atoms with E-state index in [1.54, 1.807) is 13.3 Å². The van der Waals surface area contributed by atoms with Gasteiger partial charge in [0.1, 0.15) is 0 Å². The van der Waals surface area contributed by atoms with Crippen LogP contribution >= 0.6 is 0 Å². The number of allylic oxidation sites excluding steroid dienone is 2. The normalized spacial score (nSPS) is 15.3. The van der Waals surface area contributed by atoms with Crippen LogP contribution in [0.3, 0.4) is 0 Å². The Morgan fingerprint density at radius 2 is 2.24 bits per heavy atom. The van der Waals surface area contributed by atoms with Crippen molar-refractivity contribution in [2.45, 2.75) is 32.6 Å². The quantitative estimate of drug-likeness (QED) is 0.798. The van der Waals surface area contributed by atoms with Crippen molar-refractivity contribution in [2.24, 2.45) is 0 Å². The summed E-state index contributed by atoms with van der Waals surface area (Å²) in [6, 6.07) is 2.01. The molecule has 0 saturated carbocycles. The summed E-state index contributed by atoms with van der Waals surface area (Å²) in [5, 5.41) is 0. The van der Waals surface area contributed by atoms with E-state index in [0.717, 1.165) is 24.2 Å². The lowest BCUT2D eigenvalue weighted by Gasteiger charge is -2.17. The van der Waals surface area contributed by atoms with Crippen molar-refractivity contribution in [3.8, 4) is 11.6 Å². The largest absolute Gasteiger partial charge is 0.491 e. The number of methoxy groups -OCH3 is 1. The average Bonchev–Trinajstić information content (AvgIpc) is 2.40. The molecule has 0 unspecified atom stereocenters. The number of aromatic nitrogens is 1. The van der Waals surface area contributed by atoms with Gasteiger partial charge in [0, 0.05) is 11.8 Å². The molecule has 0 aromatic carbocycles. The van der Waals surface area contributed by atoms with Crippen molar-refractivity contribution in [2.75, 3.05) is 13.7 Å². The first-order valence-electron chi connectivity index (χ1n) is 6.22. The highest BCUT2D eigenvalue weighted by atomic mass is 16.5. The number of ether oxygens (including phenoxy) is 2. The molecule has 1 heterocycles. The summed E-state index contributed by atoms with van der Waals surface area (Å²) in [6.45, 7) is 2.56. The zero-order valence-electron chi connectivity index (χ0n) is 10.5. The van der Waals surface area contributed by atoms with Crippen LogP contribution in [-0.2, 0) is 0 Å². The van der Waals surface area contributed by atoms with Crippen molar-refractivity contribution in [1.82, 2.24) is 4.98 Å². The molecule has 3 nitrogen and oxygen atoms in total. The van der Waals surface area contributed by atoms with Gasteiger partial charge in [0.05, 0.1) is 13.7 Å². The van der Waals surface area contributed by atoms with Crippen LogP contribution in [-0.4, -0.2) is 18.7 Å². The maximum atomic E-state index is 5.50. The van der Waals surface area contributed by atoms with E-state index in [-0.39, 0.29) is 0 Å². The van der Waals surface area contributed by atoms with Gasteiger partial charge in [-0.15, -0.1) is 0 Å². The Morgan fingerprint density at radius 1 is 1.35 bits per heavy atom. The van der Waals surface area contributed by atoms with Gasteiger partial charge in [-0.1, -0.05) is 6.08 Å². The Balaban J connectivity index is 2.38. The summed E-state index contributed by atoms with van der Waals surface area (Å²) in [4.78, 5) is 4.22. The summed E-state index contributed by atoms with van der Waals surface area (Å²) >= 11 is 0. The predicted octanol–water partition coefficient (Wildman–Crippen LogP) is 3.45. The molecule has 3 heteroatoms. The van der Waals surface area contributed by atoms with Crippen LogP contribution in [0.1, 0.15) is 38.2 Å². The van der Waals surface area contributed by atoms with Gasteiger partial charge in [0.15, 0.2) is 5.75 Å². The maximum absolute atomic E-state index is 5.50. The first kappa shape index (κ1) is 12.0. The summed E-state index contributed by atoms with van der Waals surface area (Å²) in [7, 11) is 1.67. The fraction of sp³-hybridized carbons (Fsp3) is 0.500. The minimum Gasteiger partial charge on any atom is -0.491 e. The second kappa shape index (κ2) is 5.71. The zero-order chi connectivity index (χ0) is 12.1. The minimum atomic E-state index is 0.596. The SMILES string of the molecule is CCOc1nccc(C2=CCCCC2)c1OC. The lowest BCUT2D eigenvalue weighted by atomic mass is 9.94. The molecule has 17 heavy (non-hydrogen) atoms. The molecular formula is C14H19NO2. The highest BCUT2D eigenvalue weighted by Gasteiger charge is 2.16. The fourth-order valence-electron chi connectivity index (χ4n) is 2.20. The molecule has 0 amide bonds. The number of hydrogen-bond donors (Lipinski definition) is 0. The Bertz CT molecular complexity index is 413. The molecule has 92 valence electrons. The van der Waals surface area contributed by atoms with E-state index in [0.29, 0.717) is 12.5 Å². The highest BCUT2D eigenvalue weighted by molar-refractivity contribution is 5.72. The molecule has 0 atom stereocenters. The number of hydrogen-bond acceptors (Lipinski definition) is 3. The zero-order valence-corrected chi connectivity index (χ0v) is 10.5. The molecule has 1 aromatic rings. The second-order valence-corrected chi connectivity index (χ2v) is 4.11. The second-order valence-electron chi connectivity index (χ2n) is 4.11. The summed E-state index contributed by atoms with van der Waals surface area (Å²) in [5.74, 6) is 1.36. The monoisotopic (exact) mass is 233 g/mol. The van der Waals surface area contributed by atoms with E-state index in [9.17, 15) is 0 Å². The Labute approximate surface area is 102 Å². The van der Waals surface area contributed by atoms with E-state index >= 15 is 0 Å². The summed E-state index contributed by atoms with van der Waals surface area (Å²) in [6.07, 6.45) is 8.91. The van der Waals surface area contributed by atoms with E-state index in [4.69, 9.17) is 9.47 Å². The molecule has 0 spiro atoms. The van der Waals surface area contributed by atoms with Gasteiger partial charge in [-0.2, -0.15) is 0 Å². The number of nitrogens with zero attached hydrogens (tertiary/aromatic N) is 1. The summed E-state index contributed by atoms with van der Waals surface area (Å²) < 4.78 is 10.9. The Kier molecular flexibility index (Phi) is 4.02. The maximum Gasteiger partial charge on any atom is 0.257 e. The molecule has 1 aromatic heterocycles. The van der Waals surface area contributed by atoms with Crippen LogP contribution in [0.5, 0.6) is 11.6 Å². The van der Waals surface area contributed by atoms with Crippen molar-refractivity contribution in [3.05, 3.63) is 23.9 Å². The first-order valence-corrected chi connectivity index (χ1v) is 6.22. The van der Waals surface area contributed by atoms with E-state index in [2.05, 4.69) is 11.1 Å². The van der Waals surface area contributed by atoms with E-state index < -0.39 is 0 Å². The van der Waals surface area contributed by atoms with Gasteiger partial charge < -0.3 is 9.47 Å². The van der Waals surface area contributed by atoms with Gasteiger partial charge in [-0.05, 0) is 44.2 Å². The molecule has 0 N–H and O–H groups in total. The third kappa shape index (κ3) is 2.60. The third-order valence-electron chi connectivity index (χ3n) is 2.99. The van der Waals surface area contributed by atoms with Crippen LogP contribution in [0, 0.1) is 0 Å². The smallest absolute Gasteiger partial charge is 0.257 e. The van der Waals surface area contributed by atoms with Crippen LogP contribution in [0.15, 0.2) is 18.3 Å². The minimum absolute atomic E-state index is 0.596. The van der Waals surface area contributed by atoms with Crippen molar-refractivity contribution < 1.29 is 9.47 Å². The van der Waals surface area contributed by atoms with Crippen molar-refractivity contribution in [3.63, 3.8) is 0 Å². The van der Waals surface area contributed by atoms with Crippen molar-refractivity contribution >= 4 is 5.57 Å². The molecule has 1 aliphatic carbocycles. The number of rotatable bonds is 4.